The number of amides is 3. The lowest BCUT2D eigenvalue weighted by molar-refractivity contribution is -0.116. The monoisotopic (exact) mass is 408 g/mol. The van der Waals surface area contributed by atoms with E-state index >= 15 is 0 Å². The molecule has 9 heteroatoms. The first-order valence-corrected chi connectivity index (χ1v) is 9.49. The lowest BCUT2D eigenvalue weighted by Crippen LogP contribution is -2.20. The fraction of sp³-hybridized carbons (Fsp3) is 0.286. The van der Waals surface area contributed by atoms with Crippen molar-refractivity contribution in [2.75, 3.05) is 12.4 Å². The van der Waals surface area contributed by atoms with Crippen molar-refractivity contribution in [3.8, 4) is 0 Å². The number of anilines is 1. The number of hydrogen-bond acceptors (Lipinski definition) is 5. The van der Waals surface area contributed by atoms with E-state index in [1.54, 1.807) is 36.7 Å². The molecule has 2 heterocycles. The molecular formula is C21H24N6O3. The van der Waals surface area contributed by atoms with Gasteiger partial charge in [0, 0.05) is 36.1 Å². The number of primary amides is 1. The second-order valence-electron chi connectivity index (χ2n) is 7.02. The molecule has 4 N–H and O–H groups in total. The Labute approximate surface area is 173 Å². The normalized spacial score (nSPS) is 10.8. The van der Waals surface area contributed by atoms with Crippen molar-refractivity contribution in [1.82, 2.24) is 19.9 Å². The van der Waals surface area contributed by atoms with Crippen molar-refractivity contribution < 1.29 is 14.4 Å². The number of carbonyl (C=O) groups is 3. The van der Waals surface area contributed by atoms with E-state index < -0.39 is 5.91 Å². The molecular weight excluding hydrogens is 384 g/mol. The van der Waals surface area contributed by atoms with Gasteiger partial charge in [-0.1, -0.05) is 6.07 Å². The summed E-state index contributed by atoms with van der Waals surface area (Å²) in [5.41, 5.74) is 10.3. The van der Waals surface area contributed by atoms with Crippen LogP contribution in [0.1, 0.15) is 49.7 Å². The zero-order valence-corrected chi connectivity index (χ0v) is 17.4. The quantitative estimate of drug-likeness (QED) is 0.571. The topological polar surface area (TPSA) is 131 Å². The van der Waals surface area contributed by atoms with Crippen LogP contribution >= 0.6 is 0 Å². The largest absolute Gasteiger partial charge is 0.365 e. The molecule has 0 radical (unpaired) electrons. The molecule has 0 bridgehead atoms. The van der Waals surface area contributed by atoms with Gasteiger partial charge < -0.3 is 16.4 Å². The minimum absolute atomic E-state index is 0.177. The Morgan fingerprint density at radius 2 is 1.87 bits per heavy atom. The third-order valence-electron chi connectivity index (χ3n) is 5.16. The van der Waals surface area contributed by atoms with Gasteiger partial charge >= 0.3 is 0 Å². The molecule has 0 aliphatic rings. The number of fused-ring (bicyclic) bond motifs is 1. The second-order valence-corrected chi connectivity index (χ2v) is 7.02. The van der Waals surface area contributed by atoms with Gasteiger partial charge in [0.1, 0.15) is 5.56 Å². The van der Waals surface area contributed by atoms with Crippen LogP contribution in [0.3, 0.4) is 0 Å². The Hall–Kier alpha value is -3.75. The van der Waals surface area contributed by atoms with Gasteiger partial charge in [-0.3, -0.25) is 14.4 Å². The van der Waals surface area contributed by atoms with Gasteiger partial charge in [-0.25, -0.2) is 9.50 Å². The highest BCUT2D eigenvalue weighted by molar-refractivity contribution is 5.99. The molecule has 0 aliphatic carbocycles. The van der Waals surface area contributed by atoms with Gasteiger partial charge in [-0.2, -0.15) is 5.10 Å². The first-order chi connectivity index (χ1) is 14.2. The first-order valence-electron chi connectivity index (χ1n) is 9.49. The summed E-state index contributed by atoms with van der Waals surface area (Å²) >= 11 is 0. The maximum atomic E-state index is 12.6. The van der Waals surface area contributed by atoms with Gasteiger partial charge in [0.2, 0.25) is 5.91 Å². The maximum absolute atomic E-state index is 12.6. The number of rotatable bonds is 6. The van der Waals surface area contributed by atoms with Gasteiger partial charge in [-0.05, 0) is 50.5 Å². The van der Waals surface area contributed by atoms with Crippen LogP contribution in [0.2, 0.25) is 0 Å². The molecule has 3 rings (SSSR count). The predicted octanol–water partition coefficient (Wildman–Crippen LogP) is 1.68. The SMILES string of the molecule is CNC(=O)c1cccc(NC(=O)CCc2c(C)nc3c(C(N)=O)cnn3c2C)c1C. The molecule has 30 heavy (non-hydrogen) atoms. The fourth-order valence-electron chi connectivity index (χ4n) is 3.45. The number of aryl methyl sites for hydroxylation is 2. The standard InChI is InChI=1S/C21H24N6O3/c1-11-14(21(30)23-4)6-5-7-17(11)26-18(28)9-8-15-12(2)25-20-16(19(22)29)10-24-27(20)13(15)3/h5-7,10H,8-9H2,1-4H3,(H2,22,29)(H,23,30)(H,26,28). The highest BCUT2D eigenvalue weighted by atomic mass is 16.2. The maximum Gasteiger partial charge on any atom is 0.254 e. The van der Waals surface area contributed by atoms with E-state index in [2.05, 4.69) is 20.7 Å². The van der Waals surface area contributed by atoms with Crippen molar-refractivity contribution in [2.45, 2.75) is 33.6 Å². The molecule has 2 aromatic heterocycles. The van der Waals surface area contributed by atoms with Crippen LogP contribution in [-0.2, 0) is 11.2 Å². The van der Waals surface area contributed by atoms with Crippen LogP contribution in [0, 0.1) is 20.8 Å². The molecule has 0 saturated carbocycles. The van der Waals surface area contributed by atoms with Gasteiger partial charge in [0.25, 0.3) is 11.8 Å². The minimum atomic E-state index is -0.585. The van der Waals surface area contributed by atoms with Crippen LogP contribution in [0.5, 0.6) is 0 Å². The molecule has 3 amide bonds. The molecule has 0 aliphatic heterocycles. The summed E-state index contributed by atoms with van der Waals surface area (Å²) in [6.07, 6.45) is 2.07. The summed E-state index contributed by atoms with van der Waals surface area (Å²) in [6, 6.07) is 5.20. The lowest BCUT2D eigenvalue weighted by atomic mass is 10.0. The third kappa shape index (κ3) is 3.86. The van der Waals surface area contributed by atoms with Crippen LogP contribution in [0.25, 0.3) is 5.65 Å². The van der Waals surface area contributed by atoms with E-state index in [-0.39, 0.29) is 23.8 Å². The summed E-state index contributed by atoms with van der Waals surface area (Å²) in [5.74, 6) is -0.967. The molecule has 0 atom stereocenters. The van der Waals surface area contributed by atoms with Crippen molar-refractivity contribution in [1.29, 1.82) is 0 Å². The zero-order chi connectivity index (χ0) is 22.0. The number of nitrogens with one attached hydrogen (secondary N) is 2. The summed E-state index contributed by atoms with van der Waals surface area (Å²) in [6.45, 7) is 5.49. The summed E-state index contributed by atoms with van der Waals surface area (Å²) < 4.78 is 1.57. The Kier molecular flexibility index (Phi) is 5.81. The average Bonchev–Trinajstić information content (AvgIpc) is 3.13. The molecule has 9 nitrogen and oxygen atoms in total. The van der Waals surface area contributed by atoms with E-state index in [4.69, 9.17) is 5.73 Å². The van der Waals surface area contributed by atoms with E-state index in [1.165, 1.54) is 6.20 Å². The predicted molar refractivity (Wildman–Crippen MR) is 112 cm³/mol. The number of nitrogens with zero attached hydrogens (tertiary/aromatic N) is 3. The highest BCUT2D eigenvalue weighted by Crippen LogP contribution is 2.21. The van der Waals surface area contributed by atoms with E-state index in [0.717, 1.165) is 11.3 Å². The Bertz CT molecular complexity index is 1170. The smallest absolute Gasteiger partial charge is 0.254 e. The molecule has 1 aromatic carbocycles. The third-order valence-corrected chi connectivity index (χ3v) is 5.16. The summed E-state index contributed by atoms with van der Waals surface area (Å²) in [7, 11) is 1.56. The first kappa shape index (κ1) is 21.0. The number of aromatic nitrogens is 3. The zero-order valence-electron chi connectivity index (χ0n) is 17.4. The minimum Gasteiger partial charge on any atom is -0.365 e. The fourth-order valence-corrected chi connectivity index (χ4v) is 3.45. The number of carbonyl (C=O) groups excluding carboxylic acids is 3. The molecule has 156 valence electrons. The van der Waals surface area contributed by atoms with Crippen LogP contribution in [-0.4, -0.2) is 39.4 Å². The van der Waals surface area contributed by atoms with Gasteiger partial charge in [0.15, 0.2) is 5.65 Å². The average molecular weight is 408 g/mol. The van der Waals surface area contributed by atoms with E-state index in [9.17, 15) is 14.4 Å². The second kappa shape index (κ2) is 8.32. The van der Waals surface area contributed by atoms with Crippen LogP contribution in [0.4, 0.5) is 5.69 Å². The van der Waals surface area contributed by atoms with Crippen LogP contribution < -0.4 is 16.4 Å². The Balaban J connectivity index is 1.78. The number of hydrogen-bond donors (Lipinski definition) is 3. The molecule has 3 aromatic rings. The highest BCUT2D eigenvalue weighted by Gasteiger charge is 2.18. The van der Waals surface area contributed by atoms with Crippen molar-refractivity contribution in [2.24, 2.45) is 5.73 Å². The van der Waals surface area contributed by atoms with E-state index in [0.29, 0.717) is 34.6 Å². The lowest BCUT2D eigenvalue weighted by Gasteiger charge is -2.13. The van der Waals surface area contributed by atoms with E-state index in [1.807, 2.05) is 13.8 Å². The van der Waals surface area contributed by atoms with Crippen molar-refractivity contribution in [3.63, 3.8) is 0 Å². The Morgan fingerprint density at radius 3 is 2.53 bits per heavy atom. The molecule has 0 saturated heterocycles. The van der Waals surface area contributed by atoms with Crippen LogP contribution in [0.15, 0.2) is 24.4 Å². The molecule has 0 unspecified atom stereocenters. The van der Waals surface area contributed by atoms with Gasteiger partial charge in [-0.15, -0.1) is 0 Å². The summed E-state index contributed by atoms with van der Waals surface area (Å²) in [5, 5.41) is 9.66. The van der Waals surface area contributed by atoms with Crippen molar-refractivity contribution in [3.05, 3.63) is 58.0 Å². The summed E-state index contributed by atoms with van der Waals surface area (Å²) in [4.78, 5) is 40.5. The van der Waals surface area contributed by atoms with Gasteiger partial charge in [0.05, 0.1) is 6.20 Å². The number of nitrogens with two attached hydrogens (primary N) is 1. The molecule has 0 fully saturated rings. The molecule has 0 spiro atoms. The van der Waals surface area contributed by atoms with Crippen molar-refractivity contribution >= 4 is 29.1 Å². The number of benzene rings is 1. The Morgan fingerprint density at radius 1 is 1.13 bits per heavy atom.